The highest BCUT2D eigenvalue weighted by atomic mass is 35.5. The molecule has 0 radical (unpaired) electrons. The number of hydrogen-bond acceptors (Lipinski definition) is 2. The lowest BCUT2D eigenvalue weighted by atomic mass is 10.2. The smallest absolute Gasteiger partial charge is 0.0409 e. The Kier molecular flexibility index (Phi) is 9.01. The van der Waals surface area contributed by atoms with Crippen LogP contribution >= 0.6 is 36.4 Å². The second-order valence-electron chi connectivity index (χ2n) is 4.01. The van der Waals surface area contributed by atoms with Gasteiger partial charge in [0.05, 0.1) is 0 Å². The van der Waals surface area contributed by atoms with Gasteiger partial charge in [-0.25, -0.2) is 0 Å². The van der Waals surface area contributed by atoms with Gasteiger partial charge < -0.3 is 5.32 Å². The second-order valence-corrected chi connectivity index (χ2v) is 4.45. The Morgan fingerprint density at radius 3 is 2.76 bits per heavy atom. The minimum atomic E-state index is 0. The molecule has 1 aliphatic heterocycles. The summed E-state index contributed by atoms with van der Waals surface area (Å²) in [6.07, 6.45) is 1.24. The van der Waals surface area contributed by atoms with E-state index in [1.54, 1.807) is 0 Å². The highest BCUT2D eigenvalue weighted by Gasteiger charge is 2.08. The summed E-state index contributed by atoms with van der Waals surface area (Å²) in [4.78, 5) is 2.48. The second kappa shape index (κ2) is 9.01. The lowest BCUT2D eigenvalue weighted by molar-refractivity contribution is 0.284. The maximum absolute atomic E-state index is 5.96. The van der Waals surface area contributed by atoms with E-state index in [0.717, 1.165) is 31.2 Å². The molecule has 1 aliphatic rings. The molecule has 17 heavy (non-hydrogen) atoms. The SMILES string of the molecule is Cl.Cl.Clc1cccc(CN2CCCNCC2)c1. The fourth-order valence-electron chi connectivity index (χ4n) is 1.95. The Morgan fingerprint density at radius 1 is 1.18 bits per heavy atom. The Hall–Kier alpha value is 0.01000. The fourth-order valence-corrected chi connectivity index (χ4v) is 2.17. The number of nitrogens with zero attached hydrogens (tertiary/aromatic N) is 1. The standard InChI is InChI=1S/C12H17ClN2.2ClH/c13-12-4-1-3-11(9-12)10-15-7-2-5-14-6-8-15;;/h1,3-4,9,14H,2,5-8,10H2;2*1H. The highest BCUT2D eigenvalue weighted by molar-refractivity contribution is 6.30. The van der Waals surface area contributed by atoms with Crippen LogP contribution in [0.15, 0.2) is 24.3 Å². The van der Waals surface area contributed by atoms with Crippen LogP contribution in [0.4, 0.5) is 0 Å². The van der Waals surface area contributed by atoms with Crippen molar-refractivity contribution in [1.29, 1.82) is 0 Å². The van der Waals surface area contributed by atoms with Crippen molar-refractivity contribution in [2.45, 2.75) is 13.0 Å². The first-order chi connectivity index (χ1) is 7.34. The maximum Gasteiger partial charge on any atom is 0.0409 e. The zero-order chi connectivity index (χ0) is 10.5. The molecule has 1 aromatic carbocycles. The number of benzene rings is 1. The lowest BCUT2D eigenvalue weighted by Gasteiger charge is -2.19. The van der Waals surface area contributed by atoms with Crippen LogP contribution in [-0.4, -0.2) is 31.1 Å². The average Bonchev–Trinajstić information content (AvgIpc) is 2.46. The third-order valence-electron chi connectivity index (χ3n) is 2.73. The number of halogens is 3. The molecule has 2 nitrogen and oxygen atoms in total. The Balaban J connectivity index is 0.00000128. The van der Waals surface area contributed by atoms with Gasteiger partial charge >= 0.3 is 0 Å². The van der Waals surface area contributed by atoms with Crippen molar-refractivity contribution in [1.82, 2.24) is 10.2 Å². The minimum absolute atomic E-state index is 0. The van der Waals surface area contributed by atoms with E-state index in [-0.39, 0.29) is 24.8 Å². The Morgan fingerprint density at radius 2 is 2.00 bits per heavy atom. The number of hydrogen-bond donors (Lipinski definition) is 1. The quantitative estimate of drug-likeness (QED) is 0.903. The molecule has 1 heterocycles. The summed E-state index contributed by atoms with van der Waals surface area (Å²) in [5.74, 6) is 0. The zero-order valence-corrected chi connectivity index (χ0v) is 12.1. The van der Waals surface area contributed by atoms with Crippen LogP contribution in [0.25, 0.3) is 0 Å². The summed E-state index contributed by atoms with van der Waals surface area (Å²) in [5.41, 5.74) is 1.31. The van der Waals surface area contributed by atoms with Crippen LogP contribution in [0.1, 0.15) is 12.0 Å². The molecule has 2 rings (SSSR count). The summed E-state index contributed by atoms with van der Waals surface area (Å²) in [7, 11) is 0. The summed E-state index contributed by atoms with van der Waals surface area (Å²) in [5, 5.41) is 4.24. The van der Waals surface area contributed by atoms with E-state index in [1.807, 2.05) is 12.1 Å². The van der Waals surface area contributed by atoms with Crippen molar-refractivity contribution in [2.24, 2.45) is 0 Å². The molecule has 0 spiro atoms. The van der Waals surface area contributed by atoms with Crippen molar-refractivity contribution < 1.29 is 0 Å². The van der Waals surface area contributed by atoms with Crippen LogP contribution in [0, 0.1) is 0 Å². The van der Waals surface area contributed by atoms with Crippen LogP contribution in [0.3, 0.4) is 0 Å². The first-order valence-corrected chi connectivity index (χ1v) is 5.90. The molecule has 0 atom stereocenters. The summed E-state index contributed by atoms with van der Waals surface area (Å²) >= 11 is 5.96. The molecule has 0 amide bonds. The highest BCUT2D eigenvalue weighted by Crippen LogP contribution is 2.13. The van der Waals surface area contributed by atoms with E-state index in [4.69, 9.17) is 11.6 Å². The van der Waals surface area contributed by atoms with E-state index < -0.39 is 0 Å². The molecule has 0 unspecified atom stereocenters. The summed E-state index contributed by atoms with van der Waals surface area (Å²) < 4.78 is 0. The molecule has 1 fully saturated rings. The van der Waals surface area contributed by atoms with Crippen LogP contribution in [-0.2, 0) is 6.54 Å². The van der Waals surface area contributed by atoms with Gasteiger partial charge in [-0.2, -0.15) is 0 Å². The van der Waals surface area contributed by atoms with Crippen molar-refractivity contribution in [3.63, 3.8) is 0 Å². The van der Waals surface area contributed by atoms with Crippen LogP contribution < -0.4 is 5.32 Å². The molecular formula is C12H19Cl3N2. The largest absolute Gasteiger partial charge is 0.315 e. The zero-order valence-electron chi connectivity index (χ0n) is 9.69. The average molecular weight is 298 g/mol. The molecule has 0 saturated carbocycles. The van der Waals surface area contributed by atoms with Crippen molar-refractivity contribution in [2.75, 3.05) is 26.2 Å². The first kappa shape index (κ1) is 17.0. The molecular weight excluding hydrogens is 279 g/mol. The van der Waals surface area contributed by atoms with E-state index >= 15 is 0 Å². The van der Waals surface area contributed by atoms with Crippen molar-refractivity contribution in [3.05, 3.63) is 34.9 Å². The first-order valence-electron chi connectivity index (χ1n) is 5.52. The van der Waals surface area contributed by atoms with Gasteiger partial charge in [0, 0.05) is 24.7 Å². The third-order valence-corrected chi connectivity index (χ3v) is 2.96. The van der Waals surface area contributed by atoms with Crippen LogP contribution in [0.5, 0.6) is 0 Å². The molecule has 98 valence electrons. The Bertz CT molecular complexity index is 312. The number of nitrogens with one attached hydrogen (secondary N) is 1. The molecule has 0 bridgehead atoms. The van der Waals surface area contributed by atoms with Gasteiger partial charge in [-0.1, -0.05) is 23.7 Å². The van der Waals surface area contributed by atoms with Gasteiger partial charge in [0.1, 0.15) is 0 Å². The van der Waals surface area contributed by atoms with Gasteiger partial charge in [-0.15, -0.1) is 24.8 Å². The van der Waals surface area contributed by atoms with Gasteiger partial charge in [0.15, 0.2) is 0 Å². The predicted molar refractivity (Wildman–Crippen MR) is 78.7 cm³/mol. The van der Waals surface area contributed by atoms with Gasteiger partial charge in [0.25, 0.3) is 0 Å². The topological polar surface area (TPSA) is 15.3 Å². The van der Waals surface area contributed by atoms with Crippen molar-refractivity contribution in [3.8, 4) is 0 Å². The molecule has 1 saturated heterocycles. The van der Waals surface area contributed by atoms with E-state index in [9.17, 15) is 0 Å². The monoisotopic (exact) mass is 296 g/mol. The van der Waals surface area contributed by atoms with E-state index in [2.05, 4.69) is 22.3 Å². The van der Waals surface area contributed by atoms with Crippen molar-refractivity contribution >= 4 is 36.4 Å². The molecule has 1 N–H and O–H groups in total. The Labute approximate surface area is 121 Å². The van der Waals surface area contributed by atoms with Gasteiger partial charge in [-0.05, 0) is 37.2 Å². The summed E-state index contributed by atoms with van der Waals surface area (Å²) in [6.45, 7) is 5.57. The van der Waals surface area contributed by atoms with Crippen LogP contribution in [0.2, 0.25) is 5.02 Å². The molecule has 5 heteroatoms. The molecule has 1 aromatic rings. The minimum Gasteiger partial charge on any atom is -0.315 e. The maximum atomic E-state index is 5.96. The van der Waals surface area contributed by atoms with E-state index in [0.29, 0.717) is 0 Å². The lowest BCUT2D eigenvalue weighted by Crippen LogP contribution is -2.27. The normalized spacial score (nSPS) is 16.5. The summed E-state index contributed by atoms with van der Waals surface area (Å²) in [6, 6.07) is 8.15. The molecule has 0 aromatic heterocycles. The van der Waals surface area contributed by atoms with Gasteiger partial charge in [-0.3, -0.25) is 4.90 Å². The number of rotatable bonds is 2. The fraction of sp³-hybridized carbons (Fsp3) is 0.500. The predicted octanol–water partition coefficient (Wildman–Crippen LogP) is 2.98. The van der Waals surface area contributed by atoms with Gasteiger partial charge in [0.2, 0.25) is 0 Å². The third kappa shape index (κ3) is 5.94. The van der Waals surface area contributed by atoms with E-state index in [1.165, 1.54) is 18.5 Å². The molecule has 0 aliphatic carbocycles.